The first kappa shape index (κ1) is 12.8. The minimum atomic E-state index is -0.945. The van der Waals surface area contributed by atoms with Crippen LogP contribution < -0.4 is 4.90 Å². The van der Waals surface area contributed by atoms with Crippen LogP contribution in [0.15, 0.2) is 18.2 Å². The third-order valence-electron chi connectivity index (χ3n) is 5.29. The molecule has 1 aromatic carbocycles. The molecule has 0 amide bonds. The molecule has 3 aliphatic rings. The van der Waals surface area contributed by atoms with E-state index in [1.54, 1.807) is 0 Å². The van der Waals surface area contributed by atoms with Crippen molar-refractivity contribution in [1.29, 1.82) is 0 Å². The van der Waals surface area contributed by atoms with Gasteiger partial charge in [-0.1, -0.05) is 0 Å². The number of benzene rings is 1. The summed E-state index contributed by atoms with van der Waals surface area (Å²) in [6, 6.07) is 8.29. The van der Waals surface area contributed by atoms with Gasteiger partial charge in [0.2, 0.25) is 0 Å². The normalized spacial score (nSPS) is 27.9. The summed E-state index contributed by atoms with van der Waals surface area (Å²) in [6.07, 6.45) is 4.04. The Hall–Kier alpha value is -1.66. The smallest absolute Gasteiger partial charge is 0.356 e. The number of fused-ring (bicyclic) bond motifs is 3. The molecule has 5 nitrogen and oxygen atoms in total. The Morgan fingerprint density at radius 2 is 2.09 bits per heavy atom. The van der Waals surface area contributed by atoms with E-state index in [-0.39, 0.29) is 5.69 Å². The van der Waals surface area contributed by atoms with Gasteiger partial charge in [-0.15, -0.1) is 0 Å². The number of aromatic carboxylic acids is 1. The van der Waals surface area contributed by atoms with Gasteiger partial charge in [0.05, 0.1) is 4.70 Å². The lowest BCUT2D eigenvalue weighted by atomic mass is 10.1. The number of carboxylic acid groups (broad SMARTS) is 1. The van der Waals surface area contributed by atoms with E-state index in [1.807, 2.05) is 6.07 Å². The fourth-order valence-corrected chi connectivity index (χ4v) is 4.93. The number of likely N-dealkylation sites (tertiary alicyclic amines) is 1. The molecule has 3 heterocycles. The third-order valence-corrected chi connectivity index (χ3v) is 6.10. The minimum absolute atomic E-state index is 0.175. The summed E-state index contributed by atoms with van der Waals surface area (Å²) in [4.78, 5) is 16.4. The van der Waals surface area contributed by atoms with Gasteiger partial charge in [0, 0.05) is 42.3 Å². The van der Waals surface area contributed by atoms with Gasteiger partial charge in [-0.25, -0.2) is 4.79 Å². The Kier molecular flexibility index (Phi) is 2.58. The SMILES string of the molecule is O=C(O)c1nsc2cc(N3C[C@@H]4C[C@H]3CN4C3CC3)ccc12. The highest BCUT2D eigenvalue weighted by Crippen LogP contribution is 2.41. The summed E-state index contributed by atoms with van der Waals surface area (Å²) in [6.45, 7) is 2.30. The molecular weight excluding hydrogens is 298 g/mol. The van der Waals surface area contributed by atoms with Gasteiger partial charge in [0.25, 0.3) is 0 Å². The molecule has 5 rings (SSSR count). The standard InChI is InChI=1S/C16H17N3O2S/c20-16(21)15-13-4-3-10(6-14(13)22-17-15)19-8-11-5-12(19)7-18(11)9-1-2-9/h3-4,6,9,11-12H,1-2,5,7-8H2,(H,20,21)/t11-,12-/m0/s1. The topological polar surface area (TPSA) is 56.7 Å². The number of hydrogen-bond acceptors (Lipinski definition) is 5. The molecule has 22 heavy (non-hydrogen) atoms. The molecule has 114 valence electrons. The molecule has 1 aromatic heterocycles. The summed E-state index contributed by atoms with van der Waals surface area (Å²) in [5.41, 5.74) is 1.39. The minimum Gasteiger partial charge on any atom is -0.476 e. The first-order valence-corrected chi connectivity index (χ1v) is 8.63. The fraction of sp³-hybridized carbons (Fsp3) is 0.500. The molecule has 1 N–H and O–H groups in total. The Morgan fingerprint density at radius 1 is 1.23 bits per heavy atom. The van der Waals surface area contributed by atoms with Gasteiger partial charge in [0.1, 0.15) is 0 Å². The Morgan fingerprint density at radius 3 is 2.77 bits per heavy atom. The molecule has 1 saturated carbocycles. The van der Waals surface area contributed by atoms with Gasteiger partial charge in [-0.3, -0.25) is 4.90 Å². The molecule has 6 heteroatoms. The molecule has 2 aliphatic heterocycles. The maximum Gasteiger partial charge on any atom is 0.356 e. The van der Waals surface area contributed by atoms with Crippen LogP contribution in [0, 0.1) is 0 Å². The molecule has 2 saturated heterocycles. The molecule has 1 aliphatic carbocycles. The molecule has 0 radical (unpaired) electrons. The van der Waals surface area contributed by atoms with Crippen molar-refractivity contribution in [3.8, 4) is 0 Å². The quantitative estimate of drug-likeness (QED) is 0.942. The predicted octanol–water partition coefficient (Wildman–Crippen LogP) is 2.42. The van der Waals surface area contributed by atoms with Crippen molar-refractivity contribution in [2.75, 3.05) is 18.0 Å². The molecular formula is C16H17N3O2S. The summed E-state index contributed by atoms with van der Waals surface area (Å²) in [5.74, 6) is -0.945. The van der Waals surface area contributed by atoms with Gasteiger partial charge < -0.3 is 10.0 Å². The summed E-state index contributed by atoms with van der Waals surface area (Å²) in [7, 11) is 0. The summed E-state index contributed by atoms with van der Waals surface area (Å²) >= 11 is 1.28. The Labute approximate surface area is 132 Å². The first-order valence-electron chi connectivity index (χ1n) is 7.86. The Bertz CT molecular complexity index is 770. The number of carboxylic acids is 1. The van der Waals surface area contributed by atoms with E-state index in [1.165, 1.54) is 43.0 Å². The van der Waals surface area contributed by atoms with Crippen molar-refractivity contribution in [2.45, 2.75) is 37.4 Å². The van der Waals surface area contributed by atoms with E-state index in [4.69, 9.17) is 5.11 Å². The molecule has 2 aromatic rings. The maximum atomic E-state index is 11.2. The number of hydrogen-bond donors (Lipinski definition) is 1. The average molecular weight is 315 g/mol. The molecule has 0 spiro atoms. The number of piperazine rings is 1. The number of rotatable bonds is 3. The molecule has 2 atom stereocenters. The lowest BCUT2D eigenvalue weighted by molar-refractivity contribution is 0.0694. The predicted molar refractivity (Wildman–Crippen MR) is 85.8 cm³/mol. The second kappa shape index (κ2) is 4.43. The van der Waals surface area contributed by atoms with Gasteiger partial charge in [-0.05, 0) is 49.0 Å². The summed E-state index contributed by atoms with van der Waals surface area (Å²) < 4.78 is 5.04. The maximum absolute atomic E-state index is 11.2. The molecule has 3 fully saturated rings. The number of carbonyl (C=O) groups is 1. The highest BCUT2D eigenvalue weighted by Gasteiger charge is 2.48. The van der Waals surface area contributed by atoms with Crippen LogP contribution in [-0.2, 0) is 0 Å². The van der Waals surface area contributed by atoms with Crippen LogP contribution in [0.4, 0.5) is 5.69 Å². The highest BCUT2D eigenvalue weighted by molar-refractivity contribution is 7.13. The fourth-order valence-electron chi connectivity index (χ4n) is 4.13. The van der Waals surface area contributed by atoms with E-state index in [0.717, 1.165) is 22.7 Å². The number of aromatic nitrogens is 1. The van der Waals surface area contributed by atoms with Crippen LogP contribution >= 0.6 is 11.5 Å². The highest BCUT2D eigenvalue weighted by atomic mass is 32.1. The molecule has 2 bridgehead atoms. The first-order chi connectivity index (χ1) is 10.7. The van der Waals surface area contributed by atoms with E-state index in [0.29, 0.717) is 12.1 Å². The van der Waals surface area contributed by atoms with E-state index < -0.39 is 5.97 Å². The monoisotopic (exact) mass is 315 g/mol. The lowest BCUT2D eigenvalue weighted by Crippen LogP contribution is -2.47. The van der Waals surface area contributed by atoms with Crippen molar-refractivity contribution in [3.63, 3.8) is 0 Å². The second-order valence-electron chi connectivity index (χ2n) is 6.64. The van der Waals surface area contributed by atoms with Crippen LogP contribution in [0.5, 0.6) is 0 Å². The van der Waals surface area contributed by atoms with Gasteiger partial charge in [0.15, 0.2) is 5.69 Å². The van der Waals surface area contributed by atoms with E-state index in [9.17, 15) is 4.79 Å². The van der Waals surface area contributed by atoms with Crippen molar-refractivity contribution >= 4 is 33.3 Å². The largest absolute Gasteiger partial charge is 0.476 e. The zero-order valence-electron chi connectivity index (χ0n) is 12.1. The van der Waals surface area contributed by atoms with Gasteiger partial charge >= 0.3 is 5.97 Å². The van der Waals surface area contributed by atoms with E-state index in [2.05, 4.69) is 26.3 Å². The van der Waals surface area contributed by atoms with Crippen molar-refractivity contribution < 1.29 is 9.90 Å². The van der Waals surface area contributed by atoms with Crippen LogP contribution in [0.25, 0.3) is 10.1 Å². The Balaban J connectivity index is 1.44. The van der Waals surface area contributed by atoms with Crippen LogP contribution in [0.2, 0.25) is 0 Å². The number of anilines is 1. The van der Waals surface area contributed by atoms with Gasteiger partial charge in [-0.2, -0.15) is 4.37 Å². The van der Waals surface area contributed by atoms with Crippen LogP contribution in [-0.4, -0.2) is 51.6 Å². The summed E-state index contributed by atoms with van der Waals surface area (Å²) in [5, 5.41) is 9.91. The van der Waals surface area contributed by atoms with Crippen molar-refractivity contribution in [1.82, 2.24) is 9.27 Å². The van der Waals surface area contributed by atoms with Crippen molar-refractivity contribution in [2.24, 2.45) is 0 Å². The van der Waals surface area contributed by atoms with Crippen LogP contribution in [0.3, 0.4) is 0 Å². The second-order valence-corrected chi connectivity index (χ2v) is 7.45. The number of nitrogens with zero attached hydrogens (tertiary/aromatic N) is 3. The van der Waals surface area contributed by atoms with Crippen molar-refractivity contribution in [3.05, 3.63) is 23.9 Å². The molecule has 0 unspecified atom stereocenters. The zero-order chi connectivity index (χ0) is 14.8. The van der Waals surface area contributed by atoms with E-state index >= 15 is 0 Å². The zero-order valence-corrected chi connectivity index (χ0v) is 12.9. The van der Waals surface area contributed by atoms with Crippen LogP contribution in [0.1, 0.15) is 29.8 Å². The lowest BCUT2D eigenvalue weighted by Gasteiger charge is -2.35. The third kappa shape index (κ3) is 1.80. The average Bonchev–Trinajstić information content (AvgIpc) is 2.97.